The summed E-state index contributed by atoms with van der Waals surface area (Å²) in [4.78, 5) is 10.2. The van der Waals surface area contributed by atoms with Crippen LogP contribution in [0.25, 0.3) is 0 Å². The van der Waals surface area contributed by atoms with Gasteiger partial charge in [-0.05, 0) is 12.3 Å². The third-order valence-corrected chi connectivity index (χ3v) is 3.55. The average molecular weight is 237 g/mol. The summed E-state index contributed by atoms with van der Waals surface area (Å²) in [6.45, 7) is 1.57. The third-order valence-electron chi connectivity index (χ3n) is 2.20. The molecule has 15 heavy (non-hydrogen) atoms. The van der Waals surface area contributed by atoms with Crippen LogP contribution < -0.4 is 4.72 Å². The molecule has 0 radical (unpaired) electrons. The molecule has 2 N–H and O–H groups in total. The third kappa shape index (κ3) is 5.10. The quantitative estimate of drug-likeness (QED) is 0.644. The fourth-order valence-electron chi connectivity index (χ4n) is 1.28. The Kier molecular flexibility index (Phi) is 4.49. The minimum absolute atomic E-state index is 0.213. The Morgan fingerprint density at radius 2 is 2.27 bits per heavy atom. The largest absolute Gasteiger partial charge is 0.481 e. The lowest BCUT2D eigenvalue weighted by Crippen LogP contribution is -2.32. The molecular weight excluding hydrogens is 222 g/mol. The molecule has 0 aromatic carbocycles. The van der Waals surface area contributed by atoms with Gasteiger partial charge >= 0.3 is 5.97 Å². The monoisotopic (exact) mass is 237 g/mol. The smallest absolute Gasteiger partial charge is 0.304 e. The first-order valence-corrected chi connectivity index (χ1v) is 6.42. The number of carbonyl (C=O) groups is 1. The van der Waals surface area contributed by atoms with Gasteiger partial charge in [0.1, 0.15) is 0 Å². The van der Waals surface area contributed by atoms with E-state index in [0.717, 1.165) is 6.42 Å². The molecular formula is C8H15NO5S. The summed E-state index contributed by atoms with van der Waals surface area (Å²) in [7, 11) is -3.45. The maximum atomic E-state index is 11.3. The molecule has 1 atom stereocenters. The van der Waals surface area contributed by atoms with Crippen molar-refractivity contribution in [3.63, 3.8) is 0 Å². The first-order chi connectivity index (χ1) is 6.99. The zero-order chi connectivity index (χ0) is 11.3. The van der Waals surface area contributed by atoms with Crippen LogP contribution in [0.4, 0.5) is 0 Å². The van der Waals surface area contributed by atoms with Crippen molar-refractivity contribution in [1.82, 2.24) is 4.72 Å². The Labute approximate surface area is 88.7 Å². The van der Waals surface area contributed by atoms with Crippen molar-refractivity contribution in [2.45, 2.75) is 12.8 Å². The maximum Gasteiger partial charge on any atom is 0.304 e. The fourth-order valence-corrected chi connectivity index (χ4v) is 2.36. The van der Waals surface area contributed by atoms with Gasteiger partial charge in [-0.1, -0.05) is 0 Å². The van der Waals surface area contributed by atoms with Crippen LogP contribution in [0.15, 0.2) is 0 Å². The molecule has 1 heterocycles. The lowest BCUT2D eigenvalue weighted by molar-refractivity contribution is -0.136. The Morgan fingerprint density at radius 3 is 2.80 bits per heavy atom. The van der Waals surface area contributed by atoms with Gasteiger partial charge in [0.15, 0.2) is 0 Å². The molecule has 1 fully saturated rings. The Bertz CT molecular complexity index is 307. The molecule has 0 saturated carbocycles. The number of carboxylic acid groups (broad SMARTS) is 1. The van der Waals surface area contributed by atoms with E-state index >= 15 is 0 Å². The molecule has 88 valence electrons. The second kappa shape index (κ2) is 5.43. The van der Waals surface area contributed by atoms with Gasteiger partial charge < -0.3 is 9.84 Å². The Hall–Kier alpha value is -0.660. The van der Waals surface area contributed by atoms with E-state index in [9.17, 15) is 13.2 Å². The number of aliphatic carboxylic acids is 1. The zero-order valence-corrected chi connectivity index (χ0v) is 9.12. The lowest BCUT2D eigenvalue weighted by Gasteiger charge is -2.09. The number of nitrogens with one attached hydrogen (secondary N) is 1. The molecule has 1 saturated heterocycles. The molecule has 0 aromatic heterocycles. The van der Waals surface area contributed by atoms with Crippen molar-refractivity contribution in [2.75, 3.05) is 25.5 Å². The molecule has 1 rings (SSSR count). The van der Waals surface area contributed by atoms with E-state index in [0.29, 0.717) is 19.8 Å². The first kappa shape index (κ1) is 12.4. The normalized spacial score (nSPS) is 21.7. The summed E-state index contributed by atoms with van der Waals surface area (Å²) in [5, 5.41) is 8.34. The van der Waals surface area contributed by atoms with Gasteiger partial charge in [-0.25, -0.2) is 13.1 Å². The predicted octanol–water partition coefficient (Wildman–Crippen LogP) is -0.583. The van der Waals surface area contributed by atoms with Crippen LogP contribution in [0.5, 0.6) is 0 Å². The van der Waals surface area contributed by atoms with Crippen LogP contribution in [0.3, 0.4) is 0 Å². The van der Waals surface area contributed by atoms with Gasteiger partial charge in [-0.2, -0.15) is 0 Å². The van der Waals surface area contributed by atoms with Crippen LogP contribution in [0, 0.1) is 5.92 Å². The van der Waals surface area contributed by atoms with Crippen LogP contribution >= 0.6 is 0 Å². The van der Waals surface area contributed by atoms with E-state index in [1.165, 1.54) is 0 Å². The number of ether oxygens (including phenoxy) is 1. The van der Waals surface area contributed by atoms with Crippen molar-refractivity contribution in [3.8, 4) is 0 Å². The van der Waals surface area contributed by atoms with Crippen molar-refractivity contribution in [3.05, 3.63) is 0 Å². The van der Waals surface area contributed by atoms with Gasteiger partial charge in [0, 0.05) is 13.2 Å². The van der Waals surface area contributed by atoms with Crippen LogP contribution in [0.2, 0.25) is 0 Å². The highest BCUT2D eigenvalue weighted by Crippen LogP contribution is 2.10. The predicted molar refractivity (Wildman–Crippen MR) is 53.0 cm³/mol. The summed E-state index contributed by atoms with van der Waals surface area (Å²) in [5.41, 5.74) is 0. The van der Waals surface area contributed by atoms with Crippen molar-refractivity contribution in [1.29, 1.82) is 0 Å². The van der Waals surface area contributed by atoms with Crippen LogP contribution in [0.1, 0.15) is 12.8 Å². The van der Waals surface area contributed by atoms with Crippen molar-refractivity contribution < 1.29 is 23.1 Å². The van der Waals surface area contributed by atoms with Crippen molar-refractivity contribution >= 4 is 16.0 Å². The van der Waals surface area contributed by atoms with Gasteiger partial charge in [0.2, 0.25) is 10.0 Å². The highest BCUT2D eigenvalue weighted by Gasteiger charge is 2.19. The maximum absolute atomic E-state index is 11.3. The highest BCUT2D eigenvalue weighted by molar-refractivity contribution is 7.89. The number of hydrogen-bond acceptors (Lipinski definition) is 4. The Balaban J connectivity index is 2.26. The number of carboxylic acids is 1. The van der Waals surface area contributed by atoms with Crippen LogP contribution in [-0.2, 0) is 19.6 Å². The van der Waals surface area contributed by atoms with Crippen molar-refractivity contribution in [2.24, 2.45) is 5.92 Å². The number of hydrogen-bond donors (Lipinski definition) is 2. The van der Waals surface area contributed by atoms with E-state index in [2.05, 4.69) is 4.72 Å². The standard InChI is InChI=1S/C8H15NO5S/c10-8(11)2-4-15(12,13)9-5-7-1-3-14-6-7/h7,9H,1-6H2,(H,10,11). The highest BCUT2D eigenvalue weighted by atomic mass is 32.2. The van der Waals surface area contributed by atoms with E-state index in [-0.39, 0.29) is 18.1 Å². The summed E-state index contributed by atoms with van der Waals surface area (Å²) < 4.78 is 30.0. The molecule has 6 nitrogen and oxygen atoms in total. The molecule has 0 bridgehead atoms. The minimum Gasteiger partial charge on any atom is -0.481 e. The molecule has 0 aliphatic carbocycles. The van der Waals surface area contributed by atoms with Gasteiger partial charge in [-0.3, -0.25) is 4.79 Å². The molecule has 1 aliphatic rings. The second-order valence-corrected chi connectivity index (χ2v) is 5.47. The average Bonchev–Trinajstić information content (AvgIpc) is 2.65. The number of sulfonamides is 1. The number of rotatable bonds is 6. The SMILES string of the molecule is O=C(O)CCS(=O)(=O)NCC1CCOC1. The summed E-state index contributed by atoms with van der Waals surface area (Å²) in [6.07, 6.45) is 0.484. The molecule has 0 aromatic rings. The minimum atomic E-state index is -3.45. The fraction of sp³-hybridized carbons (Fsp3) is 0.875. The van der Waals surface area contributed by atoms with E-state index in [1.54, 1.807) is 0 Å². The molecule has 0 amide bonds. The summed E-state index contributed by atoms with van der Waals surface area (Å²) >= 11 is 0. The lowest BCUT2D eigenvalue weighted by atomic mass is 10.1. The van der Waals surface area contributed by atoms with Gasteiger partial charge in [0.25, 0.3) is 0 Å². The molecule has 1 aliphatic heterocycles. The van der Waals surface area contributed by atoms with Crippen LogP contribution in [-0.4, -0.2) is 45.0 Å². The first-order valence-electron chi connectivity index (χ1n) is 4.76. The van der Waals surface area contributed by atoms with Gasteiger partial charge in [-0.15, -0.1) is 0 Å². The molecule has 1 unspecified atom stereocenters. The Morgan fingerprint density at radius 1 is 1.53 bits per heavy atom. The summed E-state index contributed by atoms with van der Waals surface area (Å²) in [5.74, 6) is -1.26. The van der Waals surface area contributed by atoms with E-state index in [1.807, 2.05) is 0 Å². The van der Waals surface area contributed by atoms with E-state index in [4.69, 9.17) is 9.84 Å². The topological polar surface area (TPSA) is 92.7 Å². The van der Waals surface area contributed by atoms with E-state index < -0.39 is 16.0 Å². The summed E-state index contributed by atoms with van der Waals surface area (Å²) in [6, 6.07) is 0. The second-order valence-electron chi connectivity index (χ2n) is 3.54. The molecule has 0 spiro atoms. The molecule has 7 heteroatoms. The van der Waals surface area contributed by atoms with Gasteiger partial charge in [0.05, 0.1) is 18.8 Å². The zero-order valence-electron chi connectivity index (χ0n) is 8.31.